The number of hydrogen-bond donors (Lipinski definition) is 1. The molecule has 1 saturated carbocycles. The number of fused-ring (bicyclic) bond motifs is 1. The Morgan fingerprint density at radius 2 is 1.53 bits per heavy atom. The van der Waals surface area contributed by atoms with E-state index in [1.165, 1.54) is 0 Å². The number of amides is 1. The summed E-state index contributed by atoms with van der Waals surface area (Å²) in [7, 11) is 0. The van der Waals surface area contributed by atoms with Gasteiger partial charge in [0.2, 0.25) is 5.91 Å². The third-order valence-electron chi connectivity index (χ3n) is 9.17. The van der Waals surface area contributed by atoms with Crippen molar-refractivity contribution in [3.8, 4) is 0 Å². The van der Waals surface area contributed by atoms with Gasteiger partial charge < -0.3 is 33.3 Å². The lowest BCUT2D eigenvalue weighted by molar-refractivity contribution is -0.158. The number of carbonyl (C=O) groups excluding carboxylic acids is 5. The van der Waals surface area contributed by atoms with Crippen molar-refractivity contribution in [2.24, 2.45) is 5.92 Å². The zero-order valence-corrected chi connectivity index (χ0v) is 25.9. The summed E-state index contributed by atoms with van der Waals surface area (Å²) in [6, 6.07) is 7.05. The summed E-state index contributed by atoms with van der Waals surface area (Å²) in [6.45, 7) is 4.64. The number of cyclic esters (lactones) is 4. The van der Waals surface area contributed by atoms with Gasteiger partial charge in [0.05, 0.1) is 6.04 Å². The van der Waals surface area contributed by atoms with Gasteiger partial charge >= 0.3 is 24.2 Å². The number of hydrogen-bond acceptors (Lipinski definition) is 12. The first-order chi connectivity index (χ1) is 21.6. The van der Waals surface area contributed by atoms with Crippen LogP contribution >= 0.6 is 0 Å². The van der Waals surface area contributed by atoms with Gasteiger partial charge in [-0.3, -0.25) is 14.9 Å². The van der Waals surface area contributed by atoms with E-state index >= 15 is 0 Å². The SMILES string of the molecule is CC(N[C@@H](CCc1ccccc1)C(=O)OC[C@@H]1OC(=O)OC1C)C(=O)N1[C@H](C(=O)OCC2OC(=O)OC2C)C[C@H]2CCCC[C@@H]21. The molecule has 13 nitrogen and oxygen atoms in total. The van der Waals surface area contributed by atoms with Crippen molar-refractivity contribution in [1.29, 1.82) is 0 Å². The molecule has 0 radical (unpaired) electrons. The molecule has 0 aromatic heterocycles. The smallest absolute Gasteiger partial charge is 0.460 e. The van der Waals surface area contributed by atoms with Gasteiger partial charge in [-0.1, -0.05) is 43.2 Å². The zero-order valence-electron chi connectivity index (χ0n) is 25.9. The Balaban J connectivity index is 1.26. The van der Waals surface area contributed by atoms with Crippen molar-refractivity contribution in [1.82, 2.24) is 10.2 Å². The number of nitrogens with one attached hydrogen (secondary N) is 1. The van der Waals surface area contributed by atoms with Crippen LogP contribution in [0.25, 0.3) is 0 Å². The standard InChI is InChI=1S/C32H42N2O11/c1-18(33-23(14-13-21-9-5-4-6-10-21)29(36)40-16-26-19(2)42-31(38)44-26)28(35)34-24-12-8-7-11-22(24)15-25(34)30(37)41-17-27-20(3)43-32(39)45-27/h4-6,9-10,18-20,22-27,33H,7-8,11-17H2,1-3H3/t18?,19?,20?,22-,23+,24+,25+,26+,27?/m1/s1. The molecule has 4 fully saturated rings. The Morgan fingerprint density at radius 3 is 2.16 bits per heavy atom. The van der Waals surface area contributed by atoms with E-state index in [4.69, 9.17) is 28.4 Å². The molecule has 3 saturated heterocycles. The fourth-order valence-corrected chi connectivity index (χ4v) is 6.62. The average Bonchev–Trinajstić information content (AvgIpc) is 3.68. The highest BCUT2D eigenvalue weighted by Crippen LogP contribution is 2.40. The van der Waals surface area contributed by atoms with Crippen molar-refractivity contribution in [3.63, 3.8) is 0 Å². The van der Waals surface area contributed by atoms with Crippen LogP contribution in [0.3, 0.4) is 0 Å². The van der Waals surface area contributed by atoms with Crippen LogP contribution < -0.4 is 5.32 Å². The molecule has 1 aromatic carbocycles. The number of esters is 2. The molecule has 3 heterocycles. The second kappa shape index (κ2) is 14.5. The van der Waals surface area contributed by atoms with Gasteiger partial charge in [0.25, 0.3) is 0 Å². The van der Waals surface area contributed by atoms with E-state index in [0.29, 0.717) is 19.3 Å². The molecule has 4 aliphatic rings. The molecule has 4 unspecified atom stereocenters. The van der Waals surface area contributed by atoms with Crippen LogP contribution in [0.1, 0.15) is 64.9 Å². The summed E-state index contributed by atoms with van der Waals surface area (Å²) in [5.41, 5.74) is 1.02. The summed E-state index contributed by atoms with van der Waals surface area (Å²) in [5.74, 6) is -1.28. The third kappa shape index (κ3) is 7.86. The number of nitrogens with zero attached hydrogens (tertiary/aromatic N) is 1. The summed E-state index contributed by atoms with van der Waals surface area (Å²) in [5, 5.41) is 3.17. The fraction of sp³-hybridized carbons (Fsp3) is 0.656. The maximum atomic E-state index is 14.1. The van der Waals surface area contributed by atoms with Crippen LogP contribution in [0.2, 0.25) is 0 Å². The van der Waals surface area contributed by atoms with Gasteiger partial charge in [-0.25, -0.2) is 14.4 Å². The van der Waals surface area contributed by atoms with E-state index in [9.17, 15) is 24.0 Å². The molecule has 1 aliphatic carbocycles. The van der Waals surface area contributed by atoms with E-state index < -0.39 is 66.8 Å². The molecule has 5 rings (SSSR count). The van der Waals surface area contributed by atoms with E-state index in [-0.39, 0.29) is 31.1 Å². The van der Waals surface area contributed by atoms with E-state index in [1.807, 2.05) is 30.3 Å². The molecule has 9 atom stereocenters. The molecule has 1 N–H and O–H groups in total. The minimum Gasteiger partial charge on any atom is -0.460 e. The van der Waals surface area contributed by atoms with Gasteiger partial charge in [0, 0.05) is 6.04 Å². The lowest BCUT2D eigenvalue weighted by atomic mass is 9.84. The van der Waals surface area contributed by atoms with Crippen molar-refractivity contribution in [2.75, 3.05) is 13.2 Å². The first kappa shape index (κ1) is 32.5. The lowest BCUT2D eigenvalue weighted by Crippen LogP contribution is -2.56. The van der Waals surface area contributed by atoms with Gasteiger partial charge in [-0.15, -0.1) is 0 Å². The highest BCUT2D eigenvalue weighted by atomic mass is 16.8. The van der Waals surface area contributed by atoms with E-state index in [1.54, 1.807) is 25.7 Å². The van der Waals surface area contributed by atoms with Gasteiger partial charge in [0.15, 0.2) is 12.2 Å². The minimum absolute atomic E-state index is 0.118. The lowest BCUT2D eigenvalue weighted by Gasteiger charge is -2.35. The van der Waals surface area contributed by atoms with Crippen molar-refractivity contribution >= 4 is 30.2 Å². The van der Waals surface area contributed by atoms with Crippen LogP contribution in [-0.2, 0) is 49.2 Å². The Labute approximate surface area is 262 Å². The van der Waals surface area contributed by atoms with Crippen LogP contribution in [0.15, 0.2) is 30.3 Å². The largest absolute Gasteiger partial charge is 0.509 e. The van der Waals surface area contributed by atoms with Crippen molar-refractivity contribution in [2.45, 2.75) is 114 Å². The molecular weight excluding hydrogens is 588 g/mol. The van der Waals surface area contributed by atoms with Crippen LogP contribution in [0.4, 0.5) is 9.59 Å². The van der Waals surface area contributed by atoms with E-state index in [0.717, 1.165) is 31.2 Å². The summed E-state index contributed by atoms with van der Waals surface area (Å²) < 4.78 is 31.2. The van der Waals surface area contributed by atoms with Gasteiger partial charge in [-0.05, 0) is 64.4 Å². The molecule has 246 valence electrons. The molecule has 0 spiro atoms. The number of ether oxygens (including phenoxy) is 6. The predicted octanol–water partition coefficient (Wildman–Crippen LogP) is 3.06. The highest BCUT2D eigenvalue weighted by Gasteiger charge is 2.49. The molecule has 13 heteroatoms. The van der Waals surface area contributed by atoms with Crippen LogP contribution in [0, 0.1) is 5.92 Å². The topological polar surface area (TPSA) is 156 Å². The monoisotopic (exact) mass is 630 g/mol. The Hall–Kier alpha value is -3.87. The number of aryl methyl sites for hydroxylation is 1. The molecule has 45 heavy (non-hydrogen) atoms. The second-order valence-electron chi connectivity index (χ2n) is 12.3. The van der Waals surface area contributed by atoms with Gasteiger partial charge in [-0.2, -0.15) is 0 Å². The summed E-state index contributed by atoms with van der Waals surface area (Å²) >= 11 is 0. The van der Waals surface area contributed by atoms with Crippen molar-refractivity contribution < 1.29 is 52.4 Å². The maximum absolute atomic E-state index is 14.1. The molecule has 1 aromatic rings. The molecular formula is C32H42N2O11. The van der Waals surface area contributed by atoms with Crippen LogP contribution in [-0.4, -0.2) is 96.9 Å². The highest BCUT2D eigenvalue weighted by molar-refractivity contribution is 5.89. The number of likely N-dealkylation sites (tertiary alicyclic amines) is 1. The Bertz CT molecular complexity index is 1240. The second-order valence-corrected chi connectivity index (χ2v) is 12.3. The molecule has 0 bridgehead atoms. The average molecular weight is 631 g/mol. The Kier molecular flexibility index (Phi) is 10.5. The predicted molar refractivity (Wildman–Crippen MR) is 156 cm³/mol. The quantitative estimate of drug-likeness (QED) is 0.266. The maximum Gasteiger partial charge on any atom is 0.509 e. The number of benzene rings is 1. The van der Waals surface area contributed by atoms with Crippen molar-refractivity contribution in [3.05, 3.63) is 35.9 Å². The fourth-order valence-electron chi connectivity index (χ4n) is 6.62. The summed E-state index contributed by atoms with van der Waals surface area (Å²) in [6.07, 6.45) is 0.856. The first-order valence-electron chi connectivity index (χ1n) is 15.8. The van der Waals surface area contributed by atoms with Gasteiger partial charge in [0.1, 0.15) is 37.5 Å². The number of rotatable bonds is 12. The van der Waals surface area contributed by atoms with Crippen LogP contribution in [0.5, 0.6) is 0 Å². The summed E-state index contributed by atoms with van der Waals surface area (Å²) in [4.78, 5) is 65.4. The first-order valence-corrected chi connectivity index (χ1v) is 15.8. The normalized spacial score (nSPS) is 30.3. The molecule has 1 amide bonds. The van der Waals surface area contributed by atoms with E-state index in [2.05, 4.69) is 5.32 Å². The third-order valence-corrected chi connectivity index (χ3v) is 9.17. The number of carbonyl (C=O) groups is 5. The molecule has 3 aliphatic heterocycles. The zero-order chi connectivity index (χ0) is 32.1. The Morgan fingerprint density at radius 1 is 0.911 bits per heavy atom. The minimum atomic E-state index is -0.855.